The predicted octanol–water partition coefficient (Wildman–Crippen LogP) is -0.531. The van der Waals surface area contributed by atoms with Crippen molar-refractivity contribution in [2.45, 2.75) is 18.7 Å². The SMILES string of the molecule is NC1N=CNc2c1c(O)cn2[C@H]1CO[C@@H](CO)O1. The summed E-state index contributed by atoms with van der Waals surface area (Å²) in [5.74, 6) is 0.681. The fraction of sp³-hybridized carbons (Fsp3) is 0.500. The lowest BCUT2D eigenvalue weighted by atomic mass is 10.2. The summed E-state index contributed by atoms with van der Waals surface area (Å²) in [4.78, 5) is 3.96. The maximum absolute atomic E-state index is 9.87. The molecule has 1 aromatic heterocycles. The van der Waals surface area contributed by atoms with Crippen molar-refractivity contribution in [3.05, 3.63) is 11.8 Å². The van der Waals surface area contributed by atoms with E-state index in [-0.39, 0.29) is 12.4 Å². The Bertz CT molecular complexity index is 486. The smallest absolute Gasteiger partial charge is 0.183 e. The molecule has 3 heterocycles. The summed E-state index contributed by atoms with van der Waals surface area (Å²) in [5.41, 5.74) is 6.31. The molecule has 0 aliphatic carbocycles. The minimum atomic E-state index is -0.638. The van der Waals surface area contributed by atoms with E-state index in [2.05, 4.69) is 10.3 Å². The van der Waals surface area contributed by atoms with Crippen LogP contribution in [0.4, 0.5) is 5.82 Å². The van der Waals surface area contributed by atoms with Crippen molar-refractivity contribution in [3.63, 3.8) is 0 Å². The first-order chi connectivity index (χ1) is 8.70. The molecule has 0 radical (unpaired) electrons. The minimum Gasteiger partial charge on any atom is -0.506 e. The number of ether oxygens (including phenoxy) is 2. The van der Waals surface area contributed by atoms with E-state index < -0.39 is 18.7 Å². The number of anilines is 1. The lowest BCUT2D eigenvalue weighted by Gasteiger charge is -2.19. The van der Waals surface area contributed by atoms with Crippen molar-refractivity contribution in [1.29, 1.82) is 0 Å². The third-order valence-corrected chi connectivity index (χ3v) is 2.98. The second-order valence-corrected chi connectivity index (χ2v) is 4.09. The van der Waals surface area contributed by atoms with Crippen LogP contribution in [-0.2, 0) is 9.47 Å². The van der Waals surface area contributed by atoms with Gasteiger partial charge in [0, 0.05) is 0 Å². The summed E-state index contributed by atoms with van der Waals surface area (Å²) in [6.07, 6.45) is 1.34. The molecule has 0 aromatic carbocycles. The summed E-state index contributed by atoms with van der Waals surface area (Å²) in [5, 5.41) is 21.7. The maximum Gasteiger partial charge on any atom is 0.183 e. The van der Waals surface area contributed by atoms with Crippen LogP contribution in [0.1, 0.15) is 18.0 Å². The van der Waals surface area contributed by atoms with Crippen molar-refractivity contribution in [2.75, 3.05) is 18.5 Å². The highest BCUT2D eigenvalue weighted by Gasteiger charge is 2.32. The first-order valence-corrected chi connectivity index (χ1v) is 5.56. The molecule has 3 atom stereocenters. The van der Waals surface area contributed by atoms with E-state index in [1.807, 2.05) is 0 Å². The molecular weight excluding hydrogens is 240 g/mol. The lowest BCUT2D eigenvalue weighted by Crippen LogP contribution is -2.20. The van der Waals surface area contributed by atoms with Crippen molar-refractivity contribution in [3.8, 4) is 5.75 Å². The summed E-state index contributed by atoms with van der Waals surface area (Å²) < 4.78 is 12.4. The fourth-order valence-corrected chi connectivity index (χ4v) is 2.14. The standard InChI is InChI=1S/C10H14N4O4/c11-9-8-5(16)1-14(10(8)13-4-12-9)6-3-17-7(2-15)18-6/h1,4,6-7,9,15-16H,2-3,11H2,(H,12,13)/t6-,7-,9?/m1/s1. The molecule has 0 amide bonds. The second kappa shape index (κ2) is 4.25. The van der Waals surface area contributed by atoms with Crippen LogP contribution in [-0.4, -0.2) is 40.6 Å². The average molecular weight is 254 g/mol. The highest BCUT2D eigenvalue weighted by molar-refractivity contribution is 5.80. The Morgan fingerprint density at radius 2 is 2.44 bits per heavy atom. The van der Waals surface area contributed by atoms with Crippen LogP contribution in [0.25, 0.3) is 0 Å². The van der Waals surface area contributed by atoms with Gasteiger partial charge in [0.15, 0.2) is 12.5 Å². The molecule has 1 saturated heterocycles. The number of aliphatic hydroxyl groups is 1. The maximum atomic E-state index is 9.87. The van der Waals surface area contributed by atoms with Gasteiger partial charge in [0.05, 0.1) is 31.3 Å². The molecule has 18 heavy (non-hydrogen) atoms. The zero-order chi connectivity index (χ0) is 12.7. The summed E-state index contributed by atoms with van der Waals surface area (Å²) >= 11 is 0. The van der Waals surface area contributed by atoms with Crippen molar-refractivity contribution >= 4 is 12.2 Å². The van der Waals surface area contributed by atoms with Crippen LogP contribution in [0.3, 0.4) is 0 Å². The molecule has 2 aliphatic rings. The first-order valence-electron chi connectivity index (χ1n) is 5.56. The van der Waals surface area contributed by atoms with Gasteiger partial charge in [-0.25, -0.2) is 0 Å². The normalized spacial score (nSPS) is 30.2. The number of nitrogens with one attached hydrogen (secondary N) is 1. The zero-order valence-corrected chi connectivity index (χ0v) is 9.48. The van der Waals surface area contributed by atoms with Crippen LogP contribution in [0.5, 0.6) is 5.75 Å². The van der Waals surface area contributed by atoms with E-state index in [1.54, 1.807) is 4.57 Å². The molecule has 5 N–H and O–H groups in total. The largest absolute Gasteiger partial charge is 0.506 e. The Morgan fingerprint density at radius 1 is 1.61 bits per heavy atom. The number of nitrogens with two attached hydrogens (primary N) is 1. The van der Waals surface area contributed by atoms with Crippen LogP contribution >= 0.6 is 0 Å². The minimum absolute atomic E-state index is 0.0536. The van der Waals surface area contributed by atoms with E-state index in [9.17, 15) is 5.11 Å². The van der Waals surface area contributed by atoms with Crippen LogP contribution in [0.15, 0.2) is 11.2 Å². The van der Waals surface area contributed by atoms with Gasteiger partial charge in [-0.05, 0) is 0 Å². The molecule has 98 valence electrons. The Hall–Kier alpha value is -1.61. The molecule has 2 aliphatic heterocycles. The molecule has 0 saturated carbocycles. The number of nitrogens with zero attached hydrogens (tertiary/aromatic N) is 2. The fourth-order valence-electron chi connectivity index (χ4n) is 2.14. The van der Waals surface area contributed by atoms with Crippen LogP contribution in [0, 0.1) is 0 Å². The van der Waals surface area contributed by atoms with E-state index in [4.69, 9.17) is 20.3 Å². The molecule has 8 nitrogen and oxygen atoms in total. The Balaban J connectivity index is 1.93. The van der Waals surface area contributed by atoms with Gasteiger partial charge in [-0.15, -0.1) is 0 Å². The number of aliphatic imine (C=N–C) groups is 1. The van der Waals surface area contributed by atoms with Gasteiger partial charge in [0.1, 0.15) is 17.7 Å². The van der Waals surface area contributed by atoms with Gasteiger partial charge < -0.3 is 35.3 Å². The van der Waals surface area contributed by atoms with Gasteiger partial charge in [-0.2, -0.15) is 0 Å². The molecule has 1 fully saturated rings. The predicted molar refractivity (Wildman–Crippen MR) is 62.1 cm³/mol. The number of rotatable bonds is 2. The monoisotopic (exact) mass is 254 g/mol. The van der Waals surface area contributed by atoms with E-state index in [0.29, 0.717) is 18.0 Å². The summed E-state index contributed by atoms with van der Waals surface area (Å²) in [6.45, 7) is 0.0835. The van der Waals surface area contributed by atoms with Crippen molar-refractivity contribution in [1.82, 2.24) is 4.57 Å². The van der Waals surface area contributed by atoms with Crippen molar-refractivity contribution in [2.24, 2.45) is 10.7 Å². The molecule has 3 rings (SSSR count). The molecule has 1 aromatic rings. The topological polar surface area (TPSA) is 114 Å². The quantitative estimate of drug-likeness (QED) is 0.564. The third kappa shape index (κ3) is 1.66. The van der Waals surface area contributed by atoms with Gasteiger partial charge in [-0.3, -0.25) is 4.99 Å². The van der Waals surface area contributed by atoms with E-state index in [1.165, 1.54) is 12.5 Å². The first kappa shape index (κ1) is 11.5. The Labute approximate surface area is 103 Å². The Kier molecular flexibility index (Phi) is 2.71. The van der Waals surface area contributed by atoms with Gasteiger partial charge in [0.2, 0.25) is 0 Å². The number of hydrogen-bond acceptors (Lipinski definition) is 7. The number of aromatic hydroxyl groups is 1. The molecule has 1 unspecified atom stereocenters. The van der Waals surface area contributed by atoms with Crippen molar-refractivity contribution < 1.29 is 19.7 Å². The van der Waals surface area contributed by atoms with Gasteiger partial charge in [-0.1, -0.05) is 0 Å². The molecule has 0 spiro atoms. The lowest BCUT2D eigenvalue weighted by molar-refractivity contribution is -0.0982. The highest BCUT2D eigenvalue weighted by atomic mass is 16.7. The van der Waals surface area contributed by atoms with Crippen LogP contribution in [0.2, 0.25) is 0 Å². The summed E-state index contributed by atoms with van der Waals surface area (Å²) in [6, 6.07) is 0. The molecular formula is C10H14N4O4. The molecule has 8 heteroatoms. The molecule has 0 bridgehead atoms. The highest BCUT2D eigenvalue weighted by Crippen LogP contribution is 2.38. The number of aliphatic hydroxyl groups excluding tert-OH is 1. The zero-order valence-electron chi connectivity index (χ0n) is 9.48. The number of aromatic nitrogens is 1. The number of fused-ring (bicyclic) bond motifs is 1. The van der Waals surface area contributed by atoms with E-state index >= 15 is 0 Å². The van der Waals surface area contributed by atoms with Gasteiger partial charge in [0.25, 0.3) is 0 Å². The van der Waals surface area contributed by atoms with Gasteiger partial charge >= 0.3 is 0 Å². The second-order valence-electron chi connectivity index (χ2n) is 4.09. The summed E-state index contributed by atoms with van der Waals surface area (Å²) in [7, 11) is 0. The van der Waals surface area contributed by atoms with E-state index in [0.717, 1.165) is 0 Å². The average Bonchev–Trinajstić information content (AvgIpc) is 2.94. The third-order valence-electron chi connectivity index (χ3n) is 2.98. The number of hydrogen-bond donors (Lipinski definition) is 4. The Morgan fingerprint density at radius 3 is 3.17 bits per heavy atom. The van der Waals surface area contributed by atoms with Crippen LogP contribution < -0.4 is 11.1 Å².